The second-order valence-corrected chi connectivity index (χ2v) is 7.17. The van der Waals surface area contributed by atoms with E-state index in [-0.39, 0.29) is 0 Å². The Morgan fingerprint density at radius 3 is 2.19 bits per heavy atom. The Morgan fingerprint density at radius 1 is 1.00 bits per heavy atom. The SMILES string of the molecule is CC(NC1CCCCC1C(C)C)c1ccc(N(C)C)cc1. The number of hydrogen-bond acceptors (Lipinski definition) is 2. The zero-order chi connectivity index (χ0) is 15.4. The highest BCUT2D eigenvalue weighted by molar-refractivity contribution is 5.46. The quantitative estimate of drug-likeness (QED) is 0.850. The van der Waals surface area contributed by atoms with Crippen molar-refractivity contribution in [2.24, 2.45) is 11.8 Å². The Labute approximate surface area is 130 Å². The van der Waals surface area contributed by atoms with Gasteiger partial charge in [-0.25, -0.2) is 0 Å². The number of hydrogen-bond donors (Lipinski definition) is 1. The third-order valence-electron chi connectivity index (χ3n) is 5.05. The first kappa shape index (κ1) is 16.4. The Balaban J connectivity index is 2.00. The van der Waals surface area contributed by atoms with Crippen molar-refractivity contribution in [3.05, 3.63) is 29.8 Å². The van der Waals surface area contributed by atoms with Gasteiger partial charge >= 0.3 is 0 Å². The first-order valence-corrected chi connectivity index (χ1v) is 8.52. The average molecular weight is 288 g/mol. The molecule has 2 nitrogen and oxygen atoms in total. The van der Waals surface area contributed by atoms with E-state index in [1.807, 2.05) is 0 Å². The Morgan fingerprint density at radius 2 is 1.62 bits per heavy atom. The summed E-state index contributed by atoms with van der Waals surface area (Å²) in [6.07, 6.45) is 5.52. The van der Waals surface area contributed by atoms with Crippen molar-refractivity contribution in [1.29, 1.82) is 0 Å². The molecule has 0 saturated heterocycles. The molecular formula is C19H32N2. The van der Waals surface area contributed by atoms with E-state index in [0.717, 1.165) is 11.8 Å². The summed E-state index contributed by atoms with van der Waals surface area (Å²) in [4.78, 5) is 2.15. The van der Waals surface area contributed by atoms with Crippen LogP contribution in [0.5, 0.6) is 0 Å². The van der Waals surface area contributed by atoms with Crippen molar-refractivity contribution in [2.45, 2.75) is 58.5 Å². The van der Waals surface area contributed by atoms with E-state index in [1.165, 1.54) is 36.9 Å². The molecule has 0 radical (unpaired) electrons. The lowest BCUT2D eigenvalue weighted by Gasteiger charge is -2.37. The smallest absolute Gasteiger partial charge is 0.0361 e. The van der Waals surface area contributed by atoms with Crippen LogP contribution in [-0.4, -0.2) is 20.1 Å². The molecule has 1 aromatic rings. The van der Waals surface area contributed by atoms with Crippen LogP contribution >= 0.6 is 0 Å². The fourth-order valence-electron chi connectivity index (χ4n) is 3.64. The van der Waals surface area contributed by atoms with E-state index in [0.29, 0.717) is 12.1 Å². The third kappa shape index (κ3) is 4.23. The molecular weight excluding hydrogens is 256 g/mol. The number of rotatable bonds is 5. The van der Waals surface area contributed by atoms with Crippen molar-refractivity contribution in [3.63, 3.8) is 0 Å². The van der Waals surface area contributed by atoms with Crippen molar-refractivity contribution in [3.8, 4) is 0 Å². The molecule has 118 valence electrons. The lowest BCUT2D eigenvalue weighted by molar-refractivity contribution is 0.195. The zero-order valence-electron chi connectivity index (χ0n) is 14.4. The van der Waals surface area contributed by atoms with Crippen molar-refractivity contribution in [1.82, 2.24) is 5.32 Å². The molecule has 0 spiro atoms. The first-order valence-electron chi connectivity index (χ1n) is 8.52. The maximum atomic E-state index is 3.90. The highest BCUT2D eigenvalue weighted by Gasteiger charge is 2.28. The number of nitrogens with zero attached hydrogens (tertiary/aromatic N) is 1. The van der Waals surface area contributed by atoms with Crippen LogP contribution in [0.15, 0.2) is 24.3 Å². The molecule has 0 bridgehead atoms. The van der Waals surface area contributed by atoms with Gasteiger partial charge in [0, 0.05) is 31.9 Å². The number of anilines is 1. The largest absolute Gasteiger partial charge is 0.378 e. The predicted octanol–water partition coefficient (Wildman–Crippen LogP) is 4.62. The molecule has 2 heteroatoms. The van der Waals surface area contributed by atoms with E-state index in [2.05, 4.69) is 69.3 Å². The molecule has 21 heavy (non-hydrogen) atoms. The highest BCUT2D eigenvalue weighted by atomic mass is 15.1. The molecule has 0 amide bonds. The zero-order valence-corrected chi connectivity index (χ0v) is 14.4. The van der Waals surface area contributed by atoms with E-state index < -0.39 is 0 Å². The minimum Gasteiger partial charge on any atom is -0.378 e. The molecule has 1 fully saturated rings. The van der Waals surface area contributed by atoms with Gasteiger partial charge in [0.15, 0.2) is 0 Å². The highest BCUT2D eigenvalue weighted by Crippen LogP contribution is 2.31. The minimum absolute atomic E-state index is 0.436. The minimum atomic E-state index is 0.436. The molecule has 1 aromatic carbocycles. The Bertz CT molecular complexity index is 422. The van der Waals surface area contributed by atoms with E-state index in [4.69, 9.17) is 0 Å². The van der Waals surface area contributed by atoms with E-state index >= 15 is 0 Å². The van der Waals surface area contributed by atoms with Gasteiger partial charge in [-0.05, 0) is 49.3 Å². The third-order valence-corrected chi connectivity index (χ3v) is 5.05. The van der Waals surface area contributed by atoms with Crippen LogP contribution in [0.3, 0.4) is 0 Å². The summed E-state index contributed by atoms with van der Waals surface area (Å²) >= 11 is 0. The first-order chi connectivity index (χ1) is 9.99. The van der Waals surface area contributed by atoms with Gasteiger partial charge in [-0.3, -0.25) is 0 Å². The van der Waals surface area contributed by atoms with E-state index in [1.54, 1.807) is 0 Å². The van der Waals surface area contributed by atoms with Crippen molar-refractivity contribution in [2.75, 3.05) is 19.0 Å². The standard InChI is InChI=1S/C19H32N2/c1-14(2)18-8-6-7-9-19(18)20-15(3)16-10-12-17(13-11-16)21(4)5/h10-15,18-20H,6-9H2,1-5H3. The molecule has 3 atom stereocenters. The topological polar surface area (TPSA) is 15.3 Å². The molecule has 1 saturated carbocycles. The fourth-order valence-corrected chi connectivity index (χ4v) is 3.64. The van der Waals surface area contributed by atoms with Crippen LogP contribution < -0.4 is 10.2 Å². The van der Waals surface area contributed by atoms with Gasteiger partial charge in [0.25, 0.3) is 0 Å². The number of benzene rings is 1. The predicted molar refractivity (Wildman–Crippen MR) is 92.9 cm³/mol. The summed E-state index contributed by atoms with van der Waals surface area (Å²) in [5.74, 6) is 1.62. The van der Waals surface area contributed by atoms with Gasteiger partial charge in [-0.2, -0.15) is 0 Å². The summed E-state index contributed by atoms with van der Waals surface area (Å²) in [5.41, 5.74) is 2.66. The van der Waals surface area contributed by atoms with Crippen LogP contribution in [0.4, 0.5) is 5.69 Å². The monoisotopic (exact) mass is 288 g/mol. The maximum absolute atomic E-state index is 3.90. The van der Waals surface area contributed by atoms with E-state index in [9.17, 15) is 0 Å². The van der Waals surface area contributed by atoms with Gasteiger partial charge in [0.1, 0.15) is 0 Å². The lowest BCUT2D eigenvalue weighted by atomic mass is 9.77. The van der Waals surface area contributed by atoms with Crippen LogP contribution in [0.2, 0.25) is 0 Å². The lowest BCUT2D eigenvalue weighted by Crippen LogP contribution is -2.42. The van der Waals surface area contributed by atoms with Crippen LogP contribution in [0, 0.1) is 11.8 Å². The number of nitrogens with one attached hydrogen (secondary N) is 1. The summed E-state index contributed by atoms with van der Waals surface area (Å²) in [7, 11) is 4.18. The molecule has 1 aliphatic rings. The van der Waals surface area contributed by atoms with Gasteiger partial charge in [-0.1, -0.05) is 38.8 Å². The second-order valence-electron chi connectivity index (χ2n) is 7.17. The normalized spacial score (nSPS) is 24.1. The molecule has 1 N–H and O–H groups in total. The van der Waals surface area contributed by atoms with Gasteiger partial charge in [0.05, 0.1) is 0 Å². The summed E-state index contributed by atoms with van der Waals surface area (Å²) < 4.78 is 0. The second kappa shape index (κ2) is 7.31. The summed E-state index contributed by atoms with van der Waals surface area (Å²) in [6, 6.07) is 10.1. The average Bonchev–Trinajstić information content (AvgIpc) is 2.47. The Hall–Kier alpha value is -1.02. The fraction of sp³-hybridized carbons (Fsp3) is 0.684. The Kier molecular flexibility index (Phi) is 5.69. The van der Waals surface area contributed by atoms with Gasteiger partial charge in [0.2, 0.25) is 0 Å². The van der Waals surface area contributed by atoms with Crippen LogP contribution in [0.1, 0.15) is 58.1 Å². The molecule has 0 heterocycles. The summed E-state index contributed by atoms with van der Waals surface area (Å²) in [6.45, 7) is 7.05. The van der Waals surface area contributed by atoms with Gasteiger partial charge < -0.3 is 10.2 Å². The van der Waals surface area contributed by atoms with Crippen LogP contribution in [0.25, 0.3) is 0 Å². The van der Waals surface area contributed by atoms with Crippen molar-refractivity contribution < 1.29 is 0 Å². The van der Waals surface area contributed by atoms with Crippen LogP contribution in [-0.2, 0) is 0 Å². The van der Waals surface area contributed by atoms with Crippen molar-refractivity contribution >= 4 is 5.69 Å². The summed E-state index contributed by atoms with van der Waals surface area (Å²) in [5, 5.41) is 3.90. The van der Waals surface area contributed by atoms with Gasteiger partial charge in [-0.15, -0.1) is 0 Å². The molecule has 0 aromatic heterocycles. The maximum Gasteiger partial charge on any atom is 0.0361 e. The molecule has 2 rings (SSSR count). The molecule has 3 unspecified atom stereocenters. The molecule has 0 aliphatic heterocycles. The molecule has 1 aliphatic carbocycles.